The van der Waals surface area contributed by atoms with Gasteiger partial charge in [0, 0.05) is 19.4 Å². The third-order valence-corrected chi connectivity index (χ3v) is 5.83. The van der Waals surface area contributed by atoms with Gasteiger partial charge in [-0.05, 0) is 12.1 Å². The molecular weight excluding hydrogens is 379 g/mol. The summed E-state index contributed by atoms with van der Waals surface area (Å²) in [6.45, 7) is -1.54. The normalized spacial score (nSPS) is 13.0. The van der Waals surface area contributed by atoms with E-state index >= 15 is 0 Å². The summed E-state index contributed by atoms with van der Waals surface area (Å²) in [6.07, 6.45) is -2.06. The number of halogens is 3. The van der Waals surface area contributed by atoms with E-state index in [0.717, 1.165) is 26.8 Å². The molecule has 2 aromatic heterocycles. The Balaban J connectivity index is 1.90. The molecule has 3 rings (SSSR count). The van der Waals surface area contributed by atoms with Gasteiger partial charge in [0.15, 0.2) is 0 Å². The topological polar surface area (TPSA) is 81.0 Å². The molecule has 0 radical (unpaired) electrons. The van der Waals surface area contributed by atoms with Crippen molar-refractivity contribution in [2.24, 2.45) is 0 Å². The van der Waals surface area contributed by atoms with Gasteiger partial charge in [0.1, 0.15) is 28.3 Å². The Morgan fingerprint density at radius 2 is 2.04 bits per heavy atom. The Hall–Kier alpha value is -2.05. The summed E-state index contributed by atoms with van der Waals surface area (Å²) in [4.78, 5) is 3.78. The van der Waals surface area contributed by atoms with Gasteiger partial charge in [0.2, 0.25) is 10.0 Å². The first-order chi connectivity index (χ1) is 11.7. The average molecular weight is 391 g/mol. The molecule has 0 unspecified atom stereocenters. The van der Waals surface area contributed by atoms with Crippen LogP contribution in [-0.2, 0) is 23.1 Å². The van der Waals surface area contributed by atoms with Crippen LogP contribution in [0.2, 0.25) is 0 Å². The molecule has 0 aliphatic rings. The number of sulfonamides is 1. The second-order valence-corrected chi connectivity index (χ2v) is 7.78. The van der Waals surface area contributed by atoms with Crippen molar-refractivity contribution in [2.45, 2.75) is 24.2 Å². The van der Waals surface area contributed by atoms with E-state index in [2.05, 4.69) is 13.7 Å². The lowest BCUT2D eigenvalue weighted by atomic mass is 10.3. The quantitative estimate of drug-likeness (QED) is 0.667. The van der Waals surface area contributed by atoms with Crippen molar-refractivity contribution in [3.63, 3.8) is 0 Å². The van der Waals surface area contributed by atoms with Gasteiger partial charge in [0.05, 0.1) is 18.3 Å². The van der Waals surface area contributed by atoms with Crippen molar-refractivity contribution in [2.75, 3.05) is 7.05 Å². The van der Waals surface area contributed by atoms with E-state index in [1.165, 1.54) is 25.4 Å². The van der Waals surface area contributed by atoms with Gasteiger partial charge in [-0.25, -0.2) is 13.4 Å². The molecular formula is C13H12F3N5O2S2. The molecule has 12 heteroatoms. The van der Waals surface area contributed by atoms with Crippen molar-refractivity contribution in [3.05, 3.63) is 36.4 Å². The number of fused-ring (bicyclic) bond motifs is 1. The molecule has 0 aliphatic heterocycles. The first kappa shape index (κ1) is 17.8. The van der Waals surface area contributed by atoms with Crippen molar-refractivity contribution in [3.8, 4) is 0 Å². The van der Waals surface area contributed by atoms with Gasteiger partial charge in [-0.15, -0.1) is 0 Å². The van der Waals surface area contributed by atoms with Crippen LogP contribution < -0.4 is 0 Å². The standard InChI is InChI=1S/C13H12F3N5O2S2/c1-20(7-11-17-5-6-21(11)8-13(14,15)16)25(22,23)10-4-2-3-9-12(10)19-24-18-9/h2-6H,7-8H2,1H3. The van der Waals surface area contributed by atoms with E-state index in [4.69, 9.17) is 0 Å². The number of imidazole rings is 1. The third kappa shape index (κ3) is 3.65. The van der Waals surface area contributed by atoms with E-state index in [1.54, 1.807) is 6.07 Å². The first-order valence-corrected chi connectivity index (χ1v) is 9.10. The molecule has 0 spiro atoms. The van der Waals surface area contributed by atoms with Gasteiger partial charge >= 0.3 is 6.18 Å². The van der Waals surface area contributed by atoms with Crippen LogP contribution >= 0.6 is 11.7 Å². The molecule has 0 N–H and O–H groups in total. The number of aromatic nitrogens is 4. The molecule has 3 aromatic rings. The van der Waals surface area contributed by atoms with E-state index < -0.39 is 22.7 Å². The maximum absolute atomic E-state index is 12.8. The lowest BCUT2D eigenvalue weighted by Gasteiger charge is -2.18. The van der Waals surface area contributed by atoms with Crippen molar-refractivity contribution < 1.29 is 21.6 Å². The number of hydrogen-bond acceptors (Lipinski definition) is 6. The lowest BCUT2D eigenvalue weighted by Crippen LogP contribution is -2.29. The molecule has 7 nitrogen and oxygen atoms in total. The predicted octanol–water partition coefficient (Wildman–Crippen LogP) is 2.27. The van der Waals surface area contributed by atoms with Gasteiger partial charge in [-0.3, -0.25) is 0 Å². The van der Waals surface area contributed by atoms with Crippen molar-refractivity contribution in [1.29, 1.82) is 0 Å². The minimum absolute atomic E-state index is 0.00743. The first-order valence-electron chi connectivity index (χ1n) is 6.93. The summed E-state index contributed by atoms with van der Waals surface area (Å²) in [6, 6.07) is 4.56. The molecule has 0 saturated heterocycles. The molecule has 0 atom stereocenters. The minimum atomic E-state index is -4.43. The smallest absolute Gasteiger partial charge is 0.325 e. The molecule has 1 aromatic carbocycles. The average Bonchev–Trinajstić information content (AvgIpc) is 3.14. The van der Waals surface area contributed by atoms with Gasteiger partial charge < -0.3 is 4.57 Å². The van der Waals surface area contributed by atoms with Crippen LogP contribution in [-0.4, -0.2) is 44.2 Å². The van der Waals surface area contributed by atoms with E-state index in [9.17, 15) is 21.6 Å². The maximum atomic E-state index is 12.8. The summed E-state index contributed by atoms with van der Waals surface area (Å²) >= 11 is 0.885. The highest BCUT2D eigenvalue weighted by Gasteiger charge is 2.30. The van der Waals surface area contributed by atoms with Crippen molar-refractivity contribution in [1.82, 2.24) is 22.6 Å². The second kappa shape index (κ2) is 6.35. The fourth-order valence-corrected chi connectivity index (χ4v) is 4.14. The molecule has 2 heterocycles. The number of alkyl halides is 3. The number of rotatable bonds is 5. The predicted molar refractivity (Wildman–Crippen MR) is 84.3 cm³/mol. The van der Waals surface area contributed by atoms with Gasteiger partial charge in [-0.1, -0.05) is 6.07 Å². The van der Waals surface area contributed by atoms with Crippen LogP contribution in [0.3, 0.4) is 0 Å². The van der Waals surface area contributed by atoms with E-state index in [0.29, 0.717) is 5.52 Å². The van der Waals surface area contributed by atoms with Crippen molar-refractivity contribution >= 4 is 32.8 Å². The van der Waals surface area contributed by atoms with Crippen LogP contribution in [0.4, 0.5) is 13.2 Å². The summed E-state index contributed by atoms with van der Waals surface area (Å²) < 4.78 is 73.1. The molecule has 0 amide bonds. The van der Waals surface area contributed by atoms with Gasteiger partial charge in [-0.2, -0.15) is 26.2 Å². The monoisotopic (exact) mass is 391 g/mol. The number of nitrogens with zero attached hydrogens (tertiary/aromatic N) is 5. The molecule has 134 valence electrons. The highest BCUT2D eigenvalue weighted by Crippen LogP contribution is 2.25. The summed E-state index contributed by atoms with van der Waals surface area (Å²) in [5.74, 6) is -0.00743. The van der Waals surface area contributed by atoms with Crippen LogP contribution in [0.5, 0.6) is 0 Å². The Bertz CT molecular complexity index is 996. The summed E-state index contributed by atoms with van der Waals surface area (Å²) in [5, 5.41) is 0. The minimum Gasteiger partial charge on any atom is -0.325 e. The zero-order valence-corrected chi connectivity index (χ0v) is 14.4. The fourth-order valence-electron chi connectivity index (χ4n) is 2.27. The maximum Gasteiger partial charge on any atom is 0.406 e. The van der Waals surface area contributed by atoms with Gasteiger partial charge in [0.25, 0.3) is 0 Å². The molecule has 25 heavy (non-hydrogen) atoms. The third-order valence-electron chi connectivity index (χ3n) is 3.45. The van der Waals surface area contributed by atoms with Crippen LogP contribution in [0.25, 0.3) is 11.0 Å². The lowest BCUT2D eigenvalue weighted by molar-refractivity contribution is -0.141. The molecule has 0 saturated carbocycles. The number of hydrogen-bond donors (Lipinski definition) is 0. The van der Waals surface area contributed by atoms with Crippen LogP contribution in [0.1, 0.15) is 5.82 Å². The molecule has 0 aliphatic carbocycles. The van der Waals surface area contributed by atoms with E-state index in [-0.39, 0.29) is 22.8 Å². The Morgan fingerprint density at radius 3 is 2.76 bits per heavy atom. The fraction of sp³-hybridized carbons (Fsp3) is 0.308. The Morgan fingerprint density at radius 1 is 1.28 bits per heavy atom. The van der Waals surface area contributed by atoms with E-state index in [1.807, 2.05) is 0 Å². The highest BCUT2D eigenvalue weighted by molar-refractivity contribution is 7.89. The Labute approximate surface area is 145 Å². The second-order valence-electron chi connectivity index (χ2n) is 5.24. The summed E-state index contributed by atoms with van der Waals surface area (Å²) in [7, 11) is -2.69. The largest absolute Gasteiger partial charge is 0.406 e. The zero-order valence-electron chi connectivity index (χ0n) is 12.8. The Kier molecular flexibility index (Phi) is 4.51. The van der Waals surface area contributed by atoms with Crippen LogP contribution in [0.15, 0.2) is 35.5 Å². The van der Waals surface area contributed by atoms with Crippen LogP contribution in [0, 0.1) is 0 Å². The SMILES string of the molecule is CN(Cc1nccn1CC(F)(F)F)S(=O)(=O)c1cccc2nsnc12. The number of benzene rings is 1. The highest BCUT2D eigenvalue weighted by atomic mass is 32.2. The molecule has 0 fully saturated rings. The molecule has 0 bridgehead atoms. The zero-order chi connectivity index (χ0) is 18.2. The summed E-state index contributed by atoms with van der Waals surface area (Å²) in [5.41, 5.74) is 0.677.